The van der Waals surface area contributed by atoms with Crippen molar-refractivity contribution in [2.45, 2.75) is 12.8 Å². The van der Waals surface area contributed by atoms with Crippen molar-refractivity contribution < 1.29 is 14.3 Å². The third-order valence-corrected chi connectivity index (χ3v) is 2.32. The summed E-state index contributed by atoms with van der Waals surface area (Å²) in [5.41, 5.74) is 1.04. The molecule has 3 nitrogen and oxygen atoms in total. The van der Waals surface area contributed by atoms with Crippen molar-refractivity contribution in [3.8, 4) is 11.5 Å². The summed E-state index contributed by atoms with van der Waals surface area (Å²) in [7, 11) is 1.59. The fourth-order valence-electron chi connectivity index (χ4n) is 1.52. The second-order valence-electron chi connectivity index (χ2n) is 3.34. The van der Waals surface area contributed by atoms with E-state index in [0.717, 1.165) is 18.4 Å². The Morgan fingerprint density at radius 1 is 1.40 bits per heavy atom. The van der Waals surface area contributed by atoms with Gasteiger partial charge in [0.25, 0.3) is 0 Å². The molecule has 0 radical (unpaired) electrons. The number of esters is 1. The van der Waals surface area contributed by atoms with Crippen molar-refractivity contribution in [3.05, 3.63) is 35.9 Å². The molecule has 0 unspecified atom stereocenters. The van der Waals surface area contributed by atoms with Gasteiger partial charge in [-0.3, -0.25) is 0 Å². The third-order valence-electron chi connectivity index (χ3n) is 2.32. The molecule has 0 saturated heterocycles. The number of ether oxygens (including phenoxy) is 2. The van der Waals surface area contributed by atoms with Crippen LogP contribution in [0.3, 0.4) is 0 Å². The van der Waals surface area contributed by atoms with Crippen molar-refractivity contribution in [2.75, 3.05) is 7.11 Å². The van der Waals surface area contributed by atoms with E-state index in [1.165, 1.54) is 6.08 Å². The van der Waals surface area contributed by atoms with Crippen molar-refractivity contribution in [2.24, 2.45) is 0 Å². The number of hydrogen-bond donors (Lipinski definition) is 0. The van der Waals surface area contributed by atoms with Gasteiger partial charge in [0.2, 0.25) is 0 Å². The number of benzene rings is 1. The lowest BCUT2D eigenvalue weighted by atomic mass is 10.1. The summed E-state index contributed by atoms with van der Waals surface area (Å²) in [6.07, 6.45) is 5.02. The maximum Gasteiger partial charge on any atom is 0.335 e. The molecule has 1 aromatic rings. The van der Waals surface area contributed by atoms with E-state index in [4.69, 9.17) is 9.47 Å². The molecule has 15 heavy (non-hydrogen) atoms. The highest BCUT2D eigenvalue weighted by atomic mass is 16.5. The lowest BCUT2D eigenvalue weighted by molar-refractivity contribution is -0.129. The monoisotopic (exact) mass is 204 g/mol. The molecule has 0 aromatic heterocycles. The van der Waals surface area contributed by atoms with Gasteiger partial charge < -0.3 is 9.47 Å². The Kier molecular flexibility index (Phi) is 2.72. The number of fused-ring (bicyclic) bond motifs is 1. The highest BCUT2D eigenvalue weighted by Crippen LogP contribution is 2.27. The van der Waals surface area contributed by atoms with Gasteiger partial charge in [0.15, 0.2) is 0 Å². The molecule has 0 bridgehead atoms. The van der Waals surface area contributed by atoms with Gasteiger partial charge in [0, 0.05) is 12.1 Å². The van der Waals surface area contributed by atoms with Crippen molar-refractivity contribution in [1.82, 2.24) is 0 Å². The molecule has 1 aliphatic rings. The minimum absolute atomic E-state index is 0.329. The SMILES string of the molecule is COc1ccc2c(c1)OC(=O)/C=C/CC2. The quantitative estimate of drug-likeness (QED) is 0.519. The fraction of sp³-hybridized carbons (Fsp3) is 0.250. The van der Waals surface area contributed by atoms with Crippen LogP contribution in [-0.4, -0.2) is 13.1 Å². The average Bonchev–Trinajstić information content (AvgIpc) is 2.22. The summed E-state index contributed by atoms with van der Waals surface area (Å²) in [6, 6.07) is 5.55. The van der Waals surface area contributed by atoms with Crippen LogP contribution in [0.2, 0.25) is 0 Å². The Hall–Kier alpha value is -1.77. The number of aryl methyl sites for hydroxylation is 1. The lowest BCUT2D eigenvalue weighted by Crippen LogP contribution is -2.08. The normalized spacial score (nSPS) is 17.0. The van der Waals surface area contributed by atoms with Crippen molar-refractivity contribution in [3.63, 3.8) is 0 Å². The smallest absolute Gasteiger partial charge is 0.335 e. The van der Waals surface area contributed by atoms with E-state index in [1.54, 1.807) is 13.2 Å². The zero-order chi connectivity index (χ0) is 10.7. The van der Waals surface area contributed by atoms with Crippen molar-refractivity contribution in [1.29, 1.82) is 0 Å². The van der Waals surface area contributed by atoms with Crippen LogP contribution in [0.1, 0.15) is 12.0 Å². The van der Waals surface area contributed by atoms with Gasteiger partial charge in [-0.2, -0.15) is 0 Å². The molecule has 0 atom stereocenters. The first kappa shape index (κ1) is 9.77. The molecule has 0 aliphatic carbocycles. The van der Waals surface area contributed by atoms with Crippen LogP contribution in [0.15, 0.2) is 30.4 Å². The number of allylic oxidation sites excluding steroid dienone is 1. The molecule has 0 spiro atoms. The molecule has 0 amide bonds. The van der Waals surface area contributed by atoms with Gasteiger partial charge in [-0.1, -0.05) is 12.1 Å². The van der Waals surface area contributed by atoms with Crippen LogP contribution in [0.25, 0.3) is 0 Å². The van der Waals surface area contributed by atoms with Gasteiger partial charge >= 0.3 is 5.97 Å². The molecule has 0 N–H and O–H groups in total. The van der Waals surface area contributed by atoms with Crippen LogP contribution in [-0.2, 0) is 11.2 Å². The molecule has 78 valence electrons. The molecule has 1 aromatic carbocycles. The average molecular weight is 204 g/mol. The van der Waals surface area contributed by atoms with Gasteiger partial charge in [-0.05, 0) is 24.5 Å². The van der Waals surface area contributed by atoms with E-state index in [9.17, 15) is 4.79 Å². The first-order valence-corrected chi connectivity index (χ1v) is 4.85. The van der Waals surface area contributed by atoms with E-state index in [-0.39, 0.29) is 5.97 Å². The summed E-state index contributed by atoms with van der Waals surface area (Å²) < 4.78 is 10.3. The first-order chi connectivity index (χ1) is 7.29. The van der Waals surface area contributed by atoms with Crippen LogP contribution >= 0.6 is 0 Å². The molecule has 2 rings (SSSR count). The number of carbonyl (C=O) groups is 1. The fourth-order valence-corrected chi connectivity index (χ4v) is 1.52. The Labute approximate surface area is 88.3 Å². The zero-order valence-corrected chi connectivity index (χ0v) is 8.53. The predicted octanol–water partition coefficient (Wildman–Crippen LogP) is 2.10. The maximum absolute atomic E-state index is 11.2. The van der Waals surface area contributed by atoms with Gasteiger partial charge in [-0.25, -0.2) is 4.79 Å². The number of hydrogen-bond acceptors (Lipinski definition) is 3. The molecular formula is C12H12O3. The Balaban J connectivity index is 2.36. The largest absolute Gasteiger partial charge is 0.497 e. The second kappa shape index (κ2) is 4.17. The van der Waals surface area contributed by atoms with E-state index < -0.39 is 0 Å². The lowest BCUT2D eigenvalue weighted by Gasteiger charge is -2.11. The summed E-state index contributed by atoms with van der Waals surface area (Å²) in [6.45, 7) is 0. The molecule has 3 heteroatoms. The predicted molar refractivity (Wildman–Crippen MR) is 56.1 cm³/mol. The highest BCUT2D eigenvalue weighted by Gasteiger charge is 2.10. The molecule has 0 saturated carbocycles. The number of rotatable bonds is 1. The maximum atomic E-state index is 11.2. The van der Waals surface area contributed by atoms with E-state index in [1.807, 2.05) is 18.2 Å². The first-order valence-electron chi connectivity index (χ1n) is 4.85. The van der Waals surface area contributed by atoms with Crippen LogP contribution < -0.4 is 9.47 Å². The molecule has 1 heterocycles. The Bertz CT molecular complexity index is 407. The summed E-state index contributed by atoms with van der Waals surface area (Å²) >= 11 is 0. The van der Waals surface area contributed by atoms with E-state index in [2.05, 4.69) is 0 Å². The summed E-state index contributed by atoms with van der Waals surface area (Å²) in [5, 5.41) is 0. The standard InChI is InChI=1S/C12H12O3/c1-14-10-7-6-9-4-2-3-5-12(13)15-11(9)8-10/h3,5-8H,2,4H2,1H3/b5-3+. The second-order valence-corrected chi connectivity index (χ2v) is 3.34. The molecule has 0 fully saturated rings. The minimum Gasteiger partial charge on any atom is -0.497 e. The van der Waals surface area contributed by atoms with Gasteiger partial charge in [0.1, 0.15) is 11.5 Å². The summed E-state index contributed by atoms with van der Waals surface area (Å²) in [5.74, 6) is 0.971. The van der Waals surface area contributed by atoms with Crippen LogP contribution in [0, 0.1) is 0 Å². The Morgan fingerprint density at radius 3 is 3.07 bits per heavy atom. The van der Waals surface area contributed by atoms with Gasteiger partial charge in [-0.15, -0.1) is 0 Å². The number of methoxy groups -OCH3 is 1. The third kappa shape index (κ3) is 2.18. The molecule has 1 aliphatic heterocycles. The number of carbonyl (C=O) groups excluding carboxylic acids is 1. The van der Waals surface area contributed by atoms with Crippen LogP contribution in [0.4, 0.5) is 0 Å². The minimum atomic E-state index is -0.329. The topological polar surface area (TPSA) is 35.5 Å². The summed E-state index contributed by atoms with van der Waals surface area (Å²) in [4.78, 5) is 11.2. The highest BCUT2D eigenvalue weighted by molar-refractivity contribution is 5.84. The van der Waals surface area contributed by atoms with Crippen LogP contribution in [0.5, 0.6) is 11.5 Å². The van der Waals surface area contributed by atoms with Gasteiger partial charge in [0.05, 0.1) is 7.11 Å². The van der Waals surface area contributed by atoms with E-state index >= 15 is 0 Å². The molecular weight excluding hydrogens is 192 g/mol. The zero-order valence-electron chi connectivity index (χ0n) is 8.53. The Morgan fingerprint density at radius 2 is 2.27 bits per heavy atom. The van der Waals surface area contributed by atoms with Crippen molar-refractivity contribution >= 4 is 5.97 Å². The van der Waals surface area contributed by atoms with E-state index in [0.29, 0.717) is 11.5 Å².